The minimum Gasteiger partial charge on any atom is -0.444 e. The Hall–Kier alpha value is -2.93. The molecule has 3 rings (SSSR count). The quantitative estimate of drug-likeness (QED) is 0.631. The lowest BCUT2D eigenvalue weighted by Crippen LogP contribution is -2.28. The third kappa shape index (κ3) is 4.09. The van der Waals surface area contributed by atoms with Crippen LogP contribution in [-0.4, -0.2) is 18.9 Å². The summed E-state index contributed by atoms with van der Waals surface area (Å²) in [6, 6.07) is 14.0. The van der Waals surface area contributed by atoms with Crippen molar-refractivity contribution in [2.24, 2.45) is 0 Å². The van der Waals surface area contributed by atoms with Crippen molar-refractivity contribution in [1.29, 1.82) is 0 Å². The lowest BCUT2D eigenvalue weighted by atomic mass is 10.1. The molecule has 0 spiro atoms. The van der Waals surface area contributed by atoms with Crippen LogP contribution in [0.5, 0.6) is 0 Å². The maximum atomic E-state index is 13.3. The van der Waals surface area contributed by atoms with Crippen molar-refractivity contribution in [3.63, 3.8) is 0 Å². The molecule has 0 saturated heterocycles. The number of rotatable bonds is 4. The van der Waals surface area contributed by atoms with Crippen molar-refractivity contribution in [3.05, 3.63) is 82.0 Å². The van der Waals surface area contributed by atoms with Gasteiger partial charge < -0.3 is 14.6 Å². The molecule has 1 aromatic heterocycles. The number of hydrogen-bond donors (Lipinski definition) is 1. The van der Waals surface area contributed by atoms with Crippen molar-refractivity contribution in [3.8, 4) is 0 Å². The molecule has 0 aliphatic rings. The topological polar surface area (TPSA) is 62.6 Å². The number of para-hydroxylation sites is 1. The highest BCUT2D eigenvalue weighted by Gasteiger charge is 2.22. The number of carbonyl (C=O) groups excluding carboxylic acids is 2. The van der Waals surface area contributed by atoms with E-state index in [0.29, 0.717) is 27.2 Å². The first-order valence-electron chi connectivity index (χ1n) is 8.06. The lowest BCUT2D eigenvalue weighted by molar-refractivity contribution is 0.0965. The smallest absolute Gasteiger partial charge is 0.293 e. The molecule has 0 unspecified atom stereocenters. The molecular weight excluding hydrogens is 415 g/mol. The summed E-state index contributed by atoms with van der Waals surface area (Å²) in [5.74, 6) is -1.02. The predicted molar refractivity (Wildman–Crippen MR) is 105 cm³/mol. The van der Waals surface area contributed by atoms with Crippen LogP contribution < -0.4 is 10.2 Å². The van der Waals surface area contributed by atoms with Gasteiger partial charge in [-0.25, -0.2) is 4.39 Å². The fourth-order valence-corrected chi connectivity index (χ4v) is 2.93. The summed E-state index contributed by atoms with van der Waals surface area (Å²) >= 11 is 3.16. The maximum Gasteiger partial charge on any atom is 0.293 e. The number of nitrogens with zero attached hydrogens (tertiary/aromatic N) is 1. The Morgan fingerprint density at radius 2 is 1.85 bits per heavy atom. The van der Waals surface area contributed by atoms with E-state index in [1.807, 2.05) is 0 Å². The number of furan rings is 1. The normalized spacial score (nSPS) is 10.5. The monoisotopic (exact) mass is 430 g/mol. The SMILES string of the molecule is Cc1cc(F)ccc1NC(=O)c1ccccc1N(C)C(=O)c1ccc(Br)o1. The van der Waals surface area contributed by atoms with E-state index in [4.69, 9.17) is 4.42 Å². The molecule has 7 heteroatoms. The van der Waals surface area contributed by atoms with Crippen LogP contribution in [0.2, 0.25) is 0 Å². The molecule has 2 aromatic carbocycles. The Morgan fingerprint density at radius 1 is 1.11 bits per heavy atom. The standard InChI is InChI=1S/C20H16BrFN2O3/c1-12-11-13(22)7-8-15(12)23-19(25)14-5-3-4-6-16(14)24(2)20(26)17-9-10-18(21)27-17/h3-11H,1-2H3,(H,23,25). The summed E-state index contributed by atoms with van der Waals surface area (Å²) in [4.78, 5) is 26.7. The van der Waals surface area contributed by atoms with E-state index in [2.05, 4.69) is 21.2 Å². The second kappa shape index (κ2) is 7.75. The largest absolute Gasteiger partial charge is 0.444 e. The van der Waals surface area contributed by atoms with Crippen LogP contribution in [0.25, 0.3) is 0 Å². The van der Waals surface area contributed by atoms with Gasteiger partial charge in [0.15, 0.2) is 10.4 Å². The minimum atomic E-state index is -0.402. The second-order valence-corrected chi connectivity index (χ2v) is 6.68. The Kier molecular flexibility index (Phi) is 5.41. The van der Waals surface area contributed by atoms with Gasteiger partial charge in [0.25, 0.3) is 11.8 Å². The first-order chi connectivity index (χ1) is 12.9. The molecule has 0 bridgehead atoms. The van der Waals surface area contributed by atoms with E-state index in [0.717, 1.165) is 0 Å². The van der Waals surface area contributed by atoms with Gasteiger partial charge in [-0.3, -0.25) is 9.59 Å². The van der Waals surface area contributed by atoms with E-state index < -0.39 is 5.91 Å². The zero-order valence-corrected chi connectivity index (χ0v) is 16.2. The molecule has 0 radical (unpaired) electrons. The van der Waals surface area contributed by atoms with Crippen LogP contribution in [0.15, 0.2) is 63.7 Å². The molecule has 3 aromatic rings. The van der Waals surface area contributed by atoms with Gasteiger partial charge in [-0.1, -0.05) is 12.1 Å². The summed E-state index contributed by atoms with van der Waals surface area (Å²) in [6.07, 6.45) is 0. The fourth-order valence-electron chi connectivity index (χ4n) is 2.62. The summed E-state index contributed by atoms with van der Waals surface area (Å²) in [6.45, 7) is 1.70. The molecule has 27 heavy (non-hydrogen) atoms. The van der Waals surface area contributed by atoms with Gasteiger partial charge in [-0.05, 0) is 70.9 Å². The second-order valence-electron chi connectivity index (χ2n) is 5.90. The molecule has 138 valence electrons. The highest BCUT2D eigenvalue weighted by molar-refractivity contribution is 9.10. The van der Waals surface area contributed by atoms with E-state index in [1.165, 1.54) is 23.1 Å². The van der Waals surface area contributed by atoms with Crippen molar-refractivity contribution in [2.75, 3.05) is 17.3 Å². The van der Waals surface area contributed by atoms with Crippen molar-refractivity contribution >= 4 is 39.1 Å². The highest BCUT2D eigenvalue weighted by atomic mass is 79.9. The Balaban J connectivity index is 1.88. The van der Waals surface area contributed by atoms with Crippen LogP contribution in [-0.2, 0) is 0 Å². The Bertz CT molecular complexity index is 1020. The van der Waals surface area contributed by atoms with Crippen molar-refractivity contribution in [1.82, 2.24) is 0 Å². The van der Waals surface area contributed by atoms with Crippen LogP contribution in [0.1, 0.15) is 26.5 Å². The van der Waals surface area contributed by atoms with Crippen molar-refractivity contribution in [2.45, 2.75) is 6.92 Å². The van der Waals surface area contributed by atoms with E-state index in [1.54, 1.807) is 50.4 Å². The molecule has 5 nitrogen and oxygen atoms in total. The first kappa shape index (κ1) is 18.8. The molecule has 1 heterocycles. The van der Waals surface area contributed by atoms with Crippen LogP contribution >= 0.6 is 15.9 Å². The van der Waals surface area contributed by atoms with Crippen LogP contribution in [0, 0.1) is 12.7 Å². The summed E-state index contributed by atoms with van der Waals surface area (Å²) in [7, 11) is 1.56. The van der Waals surface area contributed by atoms with Gasteiger partial charge >= 0.3 is 0 Å². The number of amides is 2. The molecule has 0 atom stereocenters. The number of anilines is 2. The van der Waals surface area contributed by atoms with Crippen LogP contribution in [0.4, 0.5) is 15.8 Å². The number of benzene rings is 2. The molecule has 1 N–H and O–H groups in total. The molecular formula is C20H16BrFN2O3. The third-order valence-electron chi connectivity index (χ3n) is 4.04. The number of carbonyl (C=O) groups is 2. The number of nitrogens with one attached hydrogen (secondary N) is 1. The average Bonchev–Trinajstić information content (AvgIpc) is 3.09. The number of hydrogen-bond acceptors (Lipinski definition) is 3. The lowest BCUT2D eigenvalue weighted by Gasteiger charge is -2.19. The van der Waals surface area contributed by atoms with Gasteiger partial charge in [0.05, 0.1) is 11.3 Å². The van der Waals surface area contributed by atoms with Gasteiger partial charge in [-0.15, -0.1) is 0 Å². The van der Waals surface area contributed by atoms with Crippen LogP contribution in [0.3, 0.4) is 0 Å². The molecule has 0 saturated carbocycles. The highest BCUT2D eigenvalue weighted by Crippen LogP contribution is 2.25. The average molecular weight is 431 g/mol. The first-order valence-corrected chi connectivity index (χ1v) is 8.86. The molecule has 0 fully saturated rings. The molecule has 0 aliphatic carbocycles. The molecule has 0 aliphatic heterocycles. The maximum absolute atomic E-state index is 13.3. The fraction of sp³-hybridized carbons (Fsp3) is 0.100. The van der Waals surface area contributed by atoms with E-state index in [9.17, 15) is 14.0 Å². The summed E-state index contributed by atoms with van der Waals surface area (Å²) in [5, 5.41) is 2.76. The minimum absolute atomic E-state index is 0.147. The predicted octanol–water partition coefficient (Wildman–Crippen LogP) is 5.02. The zero-order chi connectivity index (χ0) is 19.6. The van der Waals surface area contributed by atoms with Gasteiger partial charge in [0, 0.05) is 12.7 Å². The van der Waals surface area contributed by atoms with Gasteiger partial charge in [0.2, 0.25) is 0 Å². The van der Waals surface area contributed by atoms with E-state index >= 15 is 0 Å². The van der Waals surface area contributed by atoms with Crippen molar-refractivity contribution < 1.29 is 18.4 Å². The summed E-state index contributed by atoms with van der Waals surface area (Å²) < 4.78 is 19.0. The Labute approximate surface area is 163 Å². The third-order valence-corrected chi connectivity index (χ3v) is 4.46. The van der Waals surface area contributed by atoms with Gasteiger partial charge in [0.1, 0.15) is 5.82 Å². The van der Waals surface area contributed by atoms with E-state index in [-0.39, 0.29) is 17.5 Å². The van der Waals surface area contributed by atoms with Gasteiger partial charge in [-0.2, -0.15) is 0 Å². The summed E-state index contributed by atoms with van der Waals surface area (Å²) in [5.41, 5.74) is 1.83. The molecule has 2 amide bonds. The number of aryl methyl sites for hydroxylation is 1. The Morgan fingerprint density at radius 3 is 2.52 bits per heavy atom. The number of halogens is 2. The zero-order valence-electron chi connectivity index (χ0n) is 14.6.